The smallest absolute Gasteiger partial charge is 0.421 e. The third kappa shape index (κ3) is 4.14. The van der Waals surface area contributed by atoms with Crippen molar-refractivity contribution in [2.45, 2.75) is 19.1 Å². The molecular formula is C22H20F3N5O4. The Hall–Kier alpha value is -4.09. The maximum atomic E-state index is 13.3. The van der Waals surface area contributed by atoms with Crippen molar-refractivity contribution in [3.63, 3.8) is 0 Å². The number of pyridine rings is 1. The fourth-order valence-electron chi connectivity index (χ4n) is 3.66. The van der Waals surface area contributed by atoms with Gasteiger partial charge in [0, 0.05) is 12.1 Å². The molecule has 2 amide bonds. The molecule has 1 aromatic carbocycles. The summed E-state index contributed by atoms with van der Waals surface area (Å²) in [5.41, 5.74) is -0.502. The molecule has 1 aliphatic rings. The molecule has 0 spiro atoms. The number of amides is 2. The SMILES string of the molecule is COc1cccc(C(=O)Nc2cnn3c2C(=O)N(c2ccc(C(F)(F)F)c(OC)n2)C[C@@H]3C)c1. The Morgan fingerprint density at radius 2 is 1.94 bits per heavy atom. The number of rotatable bonds is 5. The number of aromatic nitrogens is 3. The van der Waals surface area contributed by atoms with Crippen molar-refractivity contribution in [2.24, 2.45) is 0 Å². The number of nitrogens with zero attached hydrogens (tertiary/aromatic N) is 4. The molecule has 12 heteroatoms. The first kappa shape index (κ1) is 23.1. The lowest BCUT2D eigenvalue weighted by molar-refractivity contribution is -0.139. The fraction of sp³-hybridized carbons (Fsp3) is 0.273. The highest BCUT2D eigenvalue weighted by Crippen LogP contribution is 2.37. The number of benzene rings is 1. The molecule has 34 heavy (non-hydrogen) atoms. The van der Waals surface area contributed by atoms with Crippen LogP contribution in [0.1, 0.15) is 39.4 Å². The first-order valence-corrected chi connectivity index (χ1v) is 10.1. The highest BCUT2D eigenvalue weighted by molar-refractivity contribution is 6.12. The van der Waals surface area contributed by atoms with Gasteiger partial charge in [-0.2, -0.15) is 23.3 Å². The summed E-state index contributed by atoms with van der Waals surface area (Å²) in [5.74, 6) is -1.23. The van der Waals surface area contributed by atoms with E-state index in [1.807, 2.05) is 0 Å². The molecule has 0 saturated carbocycles. The Bertz CT molecular complexity index is 1260. The van der Waals surface area contributed by atoms with Gasteiger partial charge in [0.05, 0.1) is 32.1 Å². The van der Waals surface area contributed by atoms with Gasteiger partial charge in [-0.1, -0.05) is 6.07 Å². The van der Waals surface area contributed by atoms with Crippen molar-refractivity contribution < 1.29 is 32.2 Å². The quantitative estimate of drug-likeness (QED) is 0.603. The van der Waals surface area contributed by atoms with Gasteiger partial charge in [0.2, 0.25) is 5.88 Å². The van der Waals surface area contributed by atoms with Crippen LogP contribution in [0.3, 0.4) is 0 Å². The number of methoxy groups -OCH3 is 2. The number of fused-ring (bicyclic) bond motifs is 1. The summed E-state index contributed by atoms with van der Waals surface area (Å²) < 4.78 is 51.0. The normalized spacial score (nSPS) is 15.6. The van der Waals surface area contributed by atoms with E-state index in [0.717, 1.165) is 19.2 Å². The van der Waals surface area contributed by atoms with Crippen LogP contribution in [0.4, 0.5) is 24.7 Å². The van der Waals surface area contributed by atoms with Gasteiger partial charge in [0.25, 0.3) is 11.8 Å². The molecule has 2 aromatic heterocycles. The number of hydrogen-bond acceptors (Lipinski definition) is 6. The Labute approximate surface area is 192 Å². The van der Waals surface area contributed by atoms with E-state index in [-0.39, 0.29) is 29.8 Å². The molecule has 4 rings (SSSR count). The molecule has 0 fully saturated rings. The Morgan fingerprint density at radius 1 is 1.18 bits per heavy atom. The number of alkyl halides is 3. The summed E-state index contributed by atoms with van der Waals surface area (Å²) >= 11 is 0. The van der Waals surface area contributed by atoms with Crippen LogP contribution in [0.15, 0.2) is 42.6 Å². The zero-order valence-electron chi connectivity index (χ0n) is 18.4. The lowest BCUT2D eigenvalue weighted by atomic mass is 10.1. The predicted molar refractivity (Wildman–Crippen MR) is 115 cm³/mol. The molecule has 0 aliphatic carbocycles. The Morgan fingerprint density at radius 3 is 2.62 bits per heavy atom. The number of nitrogens with one attached hydrogen (secondary N) is 1. The zero-order valence-corrected chi connectivity index (χ0v) is 18.4. The third-order valence-corrected chi connectivity index (χ3v) is 5.31. The molecule has 1 aliphatic heterocycles. The minimum absolute atomic E-state index is 0.0146. The minimum Gasteiger partial charge on any atom is -0.497 e. The zero-order chi connectivity index (χ0) is 24.6. The van der Waals surface area contributed by atoms with Gasteiger partial charge in [-0.25, -0.2) is 0 Å². The molecule has 9 nitrogen and oxygen atoms in total. The van der Waals surface area contributed by atoms with Crippen molar-refractivity contribution >= 4 is 23.3 Å². The number of anilines is 2. The second-order valence-corrected chi connectivity index (χ2v) is 7.53. The largest absolute Gasteiger partial charge is 0.497 e. The second kappa shape index (κ2) is 8.69. The number of ether oxygens (including phenoxy) is 2. The van der Waals surface area contributed by atoms with Crippen LogP contribution in [0.2, 0.25) is 0 Å². The maximum absolute atomic E-state index is 13.3. The minimum atomic E-state index is -4.66. The number of hydrogen-bond donors (Lipinski definition) is 1. The van der Waals surface area contributed by atoms with Crippen molar-refractivity contribution in [1.82, 2.24) is 14.8 Å². The highest BCUT2D eigenvalue weighted by atomic mass is 19.4. The predicted octanol–water partition coefficient (Wildman–Crippen LogP) is 3.79. The van der Waals surface area contributed by atoms with E-state index < -0.39 is 29.4 Å². The van der Waals surface area contributed by atoms with E-state index in [4.69, 9.17) is 9.47 Å². The van der Waals surface area contributed by atoms with E-state index in [1.165, 1.54) is 22.9 Å². The maximum Gasteiger partial charge on any atom is 0.421 e. The van der Waals surface area contributed by atoms with Gasteiger partial charge >= 0.3 is 6.18 Å². The van der Waals surface area contributed by atoms with Crippen LogP contribution in [-0.4, -0.2) is 47.3 Å². The summed E-state index contributed by atoms with van der Waals surface area (Å²) in [6.45, 7) is 1.89. The van der Waals surface area contributed by atoms with Crippen LogP contribution < -0.4 is 19.7 Å². The summed E-state index contributed by atoms with van der Waals surface area (Å²) in [4.78, 5) is 31.2. The summed E-state index contributed by atoms with van der Waals surface area (Å²) in [5, 5.41) is 6.89. The molecule has 3 heterocycles. The molecule has 0 bridgehead atoms. The number of carbonyl (C=O) groups is 2. The van der Waals surface area contributed by atoms with Crippen LogP contribution in [0.5, 0.6) is 11.6 Å². The summed E-state index contributed by atoms with van der Waals surface area (Å²) in [7, 11) is 2.55. The third-order valence-electron chi connectivity index (χ3n) is 5.31. The standard InChI is InChI=1S/C22H20F3N5O4/c1-12-11-29(17-8-7-15(22(23,24)25)20(28-17)34-3)21(32)18-16(10-26-30(12)18)27-19(31)13-5-4-6-14(9-13)33-2/h4-10,12H,11H2,1-3H3,(H,27,31)/t12-/m0/s1. The van der Waals surface area contributed by atoms with E-state index in [1.54, 1.807) is 31.2 Å². The number of carbonyl (C=O) groups excluding carboxylic acids is 2. The molecule has 0 saturated heterocycles. The average Bonchev–Trinajstić information content (AvgIpc) is 3.24. The van der Waals surface area contributed by atoms with Gasteiger partial charge in [0.15, 0.2) is 5.69 Å². The summed E-state index contributed by atoms with van der Waals surface area (Å²) in [6, 6.07) is 8.05. The van der Waals surface area contributed by atoms with E-state index in [9.17, 15) is 22.8 Å². The molecule has 0 unspecified atom stereocenters. The first-order chi connectivity index (χ1) is 16.1. The lowest BCUT2D eigenvalue weighted by Crippen LogP contribution is -2.43. The fourth-order valence-corrected chi connectivity index (χ4v) is 3.66. The summed E-state index contributed by atoms with van der Waals surface area (Å²) in [6.07, 6.45) is -3.31. The Balaban J connectivity index is 1.66. The van der Waals surface area contributed by atoms with Gasteiger partial charge in [-0.05, 0) is 37.3 Å². The van der Waals surface area contributed by atoms with E-state index >= 15 is 0 Å². The number of halogens is 3. The van der Waals surface area contributed by atoms with Gasteiger partial charge in [-0.3, -0.25) is 19.2 Å². The molecule has 1 N–H and O–H groups in total. The topological polar surface area (TPSA) is 98.6 Å². The van der Waals surface area contributed by atoms with Crippen molar-refractivity contribution in [3.8, 4) is 11.6 Å². The van der Waals surface area contributed by atoms with Gasteiger partial charge < -0.3 is 14.8 Å². The van der Waals surface area contributed by atoms with Crippen LogP contribution in [0.25, 0.3) is 0 Å². The van der Waals surface area contributed by atoms with Crippen molar-refractivity contribution in [1.29, 1.82) is 0 Å². The van der Waals surface area contributed by atoms with Crippen molar-refractivity contribution in [2.75, 3.05) is 31.0 Å². The van der Waals surface area contributed by atoms with Crippen LogP contribution >= 0.6 is 0 Å². The first-order valence-electron chi connectivity index (χ1n) is 10.1. The molecule has 1 atom stereocenters. The molecule has 3 aromatic rings. The van der Waals surface area contributed by atoms with E-state index in [0.29, 0.717) is 11.3 Å². The highest BCUT2D eigenvalue weighted by Gasteiger charge is 2.38. The Kier molecular flexibility index (Phi) is 5.90. The van der Waals surface area contributed by atoms with Crippen molar-refractivity contribution in [3.05, 3.63) is 59.4 Å². The average molecular weight is 475 g/mol. The van der Waals surface area contributed by atoms with Gasteiger partial charge in [-0.15, -0.1) is 0 Å². The van der Waals surface area contributed by atoms with Crippen LogP contribution in [0, 0.1) is 0 Å². The second-order valence-electron chi connectivity index (χ2n) is 7.53. The van der Waals surface area contributed by atoms with Crippen LogP contribution in [-0.2, 0) is 6.18 Å². The van der Waals surface area contributed by atoms with Gasteiger partial charge in [0.1, 0.15) is 17.1 Å². The van der Waals surface area contributed by atoms with E-state index in [2.05, 4.69) is 15.4 Å². The molecular weight excluding hydrogens is 455 g/mol. The lowest BCUT2D eigenvalue weighted by Gasteiger charge is -2.31. The molecule has 0 radical (unpaired) electrons. The monoisotopic (exact) mass is 475 g/mol. The molecule has 178 valence electrons.